The van der Waals surface area contributed by atoms with Crippen LogP contribution >= 0.6 is 0 Å². The predicted octanol–water partition coefficient (Wildman–Crippen LogP) is 0.728. The number of ether oxygens (including phenoxy) is 1. The summed E-state index contributed by atoms with van der Waals surface area (Å²) in [4.78, 5) is 11.6. The minimum Gasteiger partial charge on any atom is -1.00 e. The average molecular weight is 294 g/mol. The van der Waals surface area contributed by atoms with Crippen molar-refractivity contribution in [2.75, 3.05) is 26.4 Å². The summed E-state index contributed by atoms with van der Waals surface area (Å²) in [6.45, 7) is 12.3. The number of rotatable bonds is 11. The first-order valence-corrected chi connectivity index (χ1v) is 7.64. The van der Waals surface area contributed by atoms with Crippen molar-refractivity contribution in [3.8, 4) is 0 Å². The zero-order chi connectivity index (χ0) is 13.9. The molecule has 116 valence electrons. The van der Waals surface area contributed by atoms with Crippen LogP contribution in [0.3, 0.4) is 0 Å². The molecule has 0 heterocycles. The Hall–Kier alpha value is -0.280. The SMILES string of the molecule is CCCCCCCC(=O)OC[N+](CC)(CC)CC.[Cl-]. The number of nitrogens with zero attached hydrogens (tertiary/aromatic N) is 1. The van der Waals surface area contributed by atoms with Crippen LogP contribution in [0.2, 0.25) is 0 Å². The Bertz CT molecular complexity index is 210. The molecule has 19 heavy (non-hydrogen) atoms. The van der Waals surface area contributed by atoms with Gasteiger partial charge in [0.05, 0.1) is 19.6 Å². The molecule has 0 radical (unpaired) electrons. The zero-order valence-corrected chi connectivity index (χ0v) is 14.0. The molecule has 0 saturated heterocycles. The third-order valence-corrected chi connectivity index (χ3v) is 4.00. The number of esters is 1. The van der Waals surface area contributed by atoms with E-state index >= 15 is 0 Å². The highest BCUT2D eigenvalue weighted by Crippen LogP contribution is 2.09. The first-order chi connectivity index (χ1) is 8.64. The Morgan fingerprint density at radius 1 is 0.895 bits per heavy atom. The lowest BCUT2D eigenvalue weighted by atomic mass is 10.1. The molecule has 0 aromatic heterocycles. The number of halogens is 1. The Labute approximate surface area is 125 Å². The maximum absolute atomic E-state index is 11.6. The summed E-state index contributed by atoms with van der Waals surface area (Å²) in [6, 6.07) is 0. The van der Waals surface area contributed by atoms with Gasteiger partial charge in [-0.25, -0.2) is 0 Å². The molecule has 0 fully saturated rings. The number of hydrogen-bond acceptors (Lipinski definition) is 2. The molecule has 0 aliphatic heterocycles. The van der Waals surface area contributed by atoms with Crippen LogP contribution in [-0.4, -0.2) is 36.8 Å². The largest absolute Gasteiger partial charge is 1.00 e. The van der Waals surface area contributed by atoms with Gasteiger partial charge in [-0.3, -0.25) is 9.28 Å². The van der Waals surface area contributed by atoms with Crippen LogP contribution in [0.5, 0.6) is 0 Å². The van der Waals surface area contributed by atoms with E-state index in [0.717, 1.165) is 37.0 Å². The molecular formula is C15H32ClNO2. The van der Waals surface area contributed by atoms with Crippen molar-refractivity contribution in [3.63, 3.8) is 0 Å². The fourth-order valence-electron chi connectivity index (χ4n) is 2.10. The smallest absolute Gasteiger partial charge is 0.310 e. The molecule has 0 rings (SSSR count). The molecule has 0 bridgehead atoms. The number of carbonyl (C=O) groups is 1. The molecule has 0 atom stereocenters. The lowest BCUT2D eigenvalue weighted by Gasteiger charge is -2.34. The van der Waals surface area contributed by atoms with Crippen LogP contribution in [0.15, 0.2) is 0 Å². The van der Waals surface area contributed by atoms with Gasteiger partial charge >= 0.3 is 5.97 Å². The molecule has 0 N–H and O–H groups in total. The molecule has 0 aromatic carbocycles. The first-order valence-electron chi connectivity index (χ1n) is 7.64. The van der Waals surface area contributed by atoms with Crippen LogP contribution in [0.1, 0.15) is 66.2 Å². The van der Waals surface area contributed by atoms with Gasteiger partial charge in [0, 0.05) is 6.42 Å². The monoisotopic (exact) mass is 293 g/mol. The molecule has 0 aliphatic carbocycles. The minimum atomic E-state index is -0.0238. The molecule has 0 amide bonds. The number of hydrogen-bond donors (Lipinski definition) is 0. The van der Waals surface area contributed by atoms with Crippen LogP contribution in [0.25, 0.3) is 0 Å². The van der Waals surface area contributed by atoms with Gasteiger partial charge in [-0.15, -0.1) is 0 Å². The molecule has 0 unspecified atom stereocenters. The average Bonchev–Trinajstić information content (AvgIpc) is 2.41. The van der Waals surface area contributed by atoms with Crippen molar-refractivity contribution in [1.29, 1.82) is 0 Å². The molecule has 0 aliphatic rings. The number of unbranched alkanes of at least 4 members (excludes halogenated alkanes) is 4. The second-order valence-electron chi connectivity index (χ2n) is 5.10. The van der Waals surface area contributed by atoms with Gasteiger partial charge in [0.15, 0.2) is 0 Å². The Morgan fingerprint density at radius 2 is 1.42 bits per heavy atom. The topological polar surface area (TPSA) is 26.3 Å². The van der Waals surface area contributed by atoms with E-state index in [0.29, 0.717) is 13.2 Å². The fraction of sp³-hybridized carbons (Fsp3) is 0.933. The molecule has 4 heteroatoms. The molecule has 0 saturated carbocycles. The van der Waals surface area contributed by atoms with Crippen LogP contribution in [0.4, 0.5) is 0 Å². The van der Waals surface area contributed by atoms with Crippen LogP contribution in [0, 0.1) is 0 Å². The second-order valence-corrected chi connectivity index (χ2v) is 5.10. The van der Waals surface area contributed by atoms with E-state index < -0.39 is 0 Å². The maximum atomic E-state index is 11.6. The highest BCUT2D eigenvalue weighted by molar-refractivity contribution is 5.69. The van der Waals surface area contributed by atoms with Gasteiger partial charge in [0.25, 0.3) is 0 Å². The third-order valence-electron chi connectivity index (χ3n) is 4.00. The summed E-state index contributed by atoms with van der Waals surface area (Å²) in [5, 5.41) is 0. The fourth-order valence-corrected chi connectivity index (χ4v) is 2.10. The van der Waals surface area contributed by atoms with E-state index in [4.69, 9.17) is 4.74 Å². The van der Waals surface area contributed by atoms with Crippen molar-refractivity contribution >= 4 is 5.97 Å². The summed E-state index contributed by atoms with van der Waals surface area (Å²) < 4.78 is 6.30. The quantitative estimate of drug-likeness (QED) is 0.243. The molecular weight excluding hydrogens is 262 g/mol. The van der Waals surface area contributed by atoms with Crippen LogP contribution < -0.4 is 12.4 Å². The van der Waals surface area contributed by atoms with E-state index in [1.807, 2.05) is 0 Å². The summed E-state index contributed by atoms with van der Waals surface area (Å²) in [6.07, 6.45) is 6.47. The maximum Gasteiger partial charge on any atom is 0.310 e. The summed E-state index contributed by atoms with van der Waals surface area (Å²) in [5.74, 6) is -0.0238. The Morgan fingerprint density at radius 3 is 1.89 bits per heavy atom. The Kier molecular flexibility index (Phi) is 14.1. The Balaban J connectivity index is 0. The predicted molar refractivity (Wildman–Crippen MR) is 76.2 cm³/mol. The first kappa shape index (κ1) is 21.0. The van der Waals surface area contributed by atoms with Gasteiger partial charge < -0.3 is 17.1 Å². The summed E-state index contributed by atoms with van der Waals surface area (Å²) in [7, 11) is 0. The van der Waals surface area contributed by atoms with E-state index in [2.05, 4.69) is 27.7 Å². The number of quaternary nitrogens is 1. The normalized spacial score (nSPS) is 10.9. The zero-order valence-electron chi connectivity index (χ0n) is 13.2. The third kappa shape index (κ3) is 9.28. The number of carbonyl (C=O) groups excluding carboxylic acids is 1. The minimum absolute atomic E-state index is 0. The summed E-state index contributed by atoms with van der Waals surface area (Å²) in [5.41, 5.74) is 0. The van der Waals surface area contributed by atoms with Gasteiger partial charge in [0.2, 0.25) is 6.73 Å². The molecule has 0 aromatic rings. The van der Waals surface area contributed by atoms with Crippen molar-refractivity contribution in [2.24, 2.45) is 0 Å². The van der Waals surface area contributed by atoms with Gasteiger partial charge in [-0.1, -0.05) is 32.6 Å². The van der Waals surface area contributed by atoms with Crippen molar-refractivity contribution < 1.29 is 26.4 Å². The van der Waals surface area contributed by atoms with Gasteiger partial charge in [-0.2, -0.15) is 0 Å². The van der Waals surface area contributed by atoms with Crippen molar-refractivity contribution in [3.05, 3.63) is 0 Å². The lowest BCUT2D eigenvalue weighted by molar-refractivity contribution is -0.938. The van der Waals surface area contributed by atoms with Crippen molar-refractivity contribution in [2.45, 2.75) is 66.2 Å². The lowest BCUT2D eigenvalue weighted by Crippen LogP contribution is -3.00. The molecule has 3 nitrogen and oxygen atoms in total. The summed E-state index contributed by atoms with van der Waals surface area (Å²) >= 11 is 0. The van der Waals surface area contributed by atoms with E-state index in [1.165, 1.54) is 19.3 Å². The second kappa shape index (κ2) is 12.7. The van der Waals surface area contributed by atoms with Gasteiger partial charge in [0.1, 0.15) is 0 Å². The van der Waals surface area contributed by atoms with Crippen molar-refractivity contribution in [1.82, 2.24) is 0 Å². The van der Waals surface area contributed by atoms with E-state index in [-0.39, 0.29) is 18.4 Å². The van der Waals surface area contributed by atoms with Crippen LogP contribution in [-0.2, 0) is 9.53 Å². The van der Waals surface area contributed by atoms with Gasteiger partial charge in [-0.05, 0) is 27.2 Å². The molecule has 0 spiro atoms. The highest BCUT2D eigenvalue weighted by atomic mass is 35.5. The highest BCUT2D eigenvalue weighted by Gasteiger charge is 2.22. The van der Waals surface area contributed by atoms with E-state index in [9.17, 15) is 4.79 Å². The van der Waals surface area contributed by atoms with E-state index in [1.54, 1.807) is 0 Å². The standard InChI is InChI=1S/C15H32NO2.ClH/c1-5-9-10-11-12-13-15(17)18-14-16(6-2,7-3)8-4;/h5-14H2,1-4H3;1H/q+1;/p-1.